The van der Waals surface area contributed by atoms with Gasteiger partial charge in [0.1, 0.15) is 24.4 Å². The van der Waals surface area contributed by atoms with Crippen LogP contribution in [0.15, 0.2) is 0 Å². The van der Waals surface area contributed by atoms with E-state index < -0.39 is 66.5 Å². The Morgan fingerprint density at radius 3 is 2.24 bits per heavy atom. The summed E-state index contributed by atoms with van der Waals surface area (Å²) in [5, 5.41) is 62.2. The van der Waals surface area contributed by atoms with Crippen LogP contribution in [0.5, 0.6) is 0 Å². The molecule has 29 heavy (non-hydrogen) atoms. The molecule has 8 heteroatoms. The second-order valence-corrected chi connectivity index (χ2v) is 10.1. The first-order valence-corrected chi connectivity index (χ1v) is 10.8. The van der Waals surface area contributed by atoms with E-state index in [1.807, 2.05) is 6.92 Å². The Hall–Kier alpha value is -0.320. The zero-order valence-electron chi connectivity index (χ0n) is 17.8. The van der Waals surface area contributed by atoms with Crippen LogP contribution < -0.4 is 0 Å². The van der Waals surface area contributed by atoms with Crippen LogP contribution in [0.1, 0.15) is 53.4 Å². The Morgan fingerprint density at radius 2 is 1.66 bits per heavy atom. The lowest BCUT2D eigenvalue weighted by Crippen LogP contribution is -2.66. The predicted octanol–water partition coefficient (Wildman–Crippen LogP) is -0.234. The maximum absolute atomic E-state index is 11.3. The summed E-state index contributed by atoms with van der Waals surface area (Å²) in [6.45, 7) is 7.38. The molecule has 1 saturated heterocycles. The van der Waals surface area contributed by atoms with Crippen LogP contribution in [0.2, 0.25) is 0 Å². The molecule has 1 heterocycles. The van der Waals surface area contributed by atoms with Gasteiger partial charge in [0.2, 0.25) is 0 Å². The van der Waals surface area contributed by atoms with E-state index in [2.05, 4.69) is 13.8 Å². The van der Waals surface area contributed by atoms with Gasteiger partial charge in [-0.15, -0.1) is 0 Å². The Kier molecular flexibility index (Phi) is 6.69. The summed E-state index contributed by atoms with van der Waals surface area (Å²) in [6, 6.07) is 0. The molecule has 6 N–H and O–H groups in total. The van der Waals surface area contributed by atoms with Crippen LogP contribution in [0, 0.1) is 23.2 Å². The van der Waals surface area contributed by atoms with Crippen LogP contribution >= 0.6 is 0 Å². The third kappa shape index (κ3) is 3.99. The van der Waals surface area contributed by atoms with Gasteiger partial charge in [-0.25, -0.2) is 0 Å². The lowest BCUT2D eigenvalue weighted by atomic mass is 9.50. The molecule has 0 aromatic rings. The van der Waals surface area contributed by atoms with Crippen LogP contribution in [-0.4, -0.2) is 85.8 Å². The largest absolute Gasteiger partial charge is 0.394 e. The molecule has 3 fully saturated rings. The summed E-state index contributed by atoms with van der Waals surface area (Å²) in [6.07, 6.45) is -5.37. The normalized spacial score (nSPS) is 53.7. The molecule has 0 bridgehead atoms. The molecule has 0 radical (unpaired) electrons. The molecule has 0 aromatic heterocycles. The minimum Gasteiger partial charge on any atom is -0.394 e. The molecule has 0 aromatic carbocycles. The van der Waals surface area contributed by atoms with E-state index in [0.29, 0.717) is 12.8 Å². The molecule has 0 amide bonds. The van der Waals surface area contributed by atoms with Gasteiger partial charge in [-0.05, 0) is 44.4 Å². The van der Waals surface area contributed by atoms with E-state index >= 15 is 0 Å². The van der Waals surface area contributed by atoms with Gasteiger partial charge in [-0.1, -0.05) is 20.8 Å². The molecule has 3 aliphatic rings. The number of aliphatic hydroxyl groups excluding tert-OH is 5. The van der Waals surface area contributed by atoms with Gasteiger partial charge in [0.15, 0.2) is 6.29 Å². The smallest absolute Gasteiger partial charge is 0.186 e. The maximum Gasteiger partial charge on any atom is 0.186 e. The average Bonchev–Trinajstić information content (AvgIpc) is 2.65. The summed E-state index contributed by atoms with van der Waals surface area (Å²) in [7, 11) is 0. The molecule has 11 atom stereocenters. The van der Waals surface area contributed by atoms with Crippen molar-refractivity contribution in [3.05, 3.63) is 0 Å². The van der Waals surface area contributed by atoms with E-state index in [0.717, 1.165) is 12.8 Å². The topological polar surface area (TPSA) is 140 Å². The molecule has 2 saturated carbocycles. The highest BCUT2D eigenvalue weighted by atomic mass is 16.7. The van der Waals surface area contributed by atoms with E-state index in [1.54, 1.807) is 6.92 Å². The number of hydrogen-bond donors (Lipinski definition) is 6. The summed E-state index contributed by atoms with van der Waals surface area (Å²) in [4.78, 5) is 0. The van der Waals surface area contributed by atoms with Crippen molar-refractivity contribution in [1.29, 1.82) is 0 Å². The number of fused-ring (bicyclic) bond motifs is 1. The minimum atomic E-state index is -1.52. The first-order valence-electron chi connectivity index (χ1n) is 10.8. The van der Waals surface area contributed by atoms with Gasteiger partial charge in [0, 0.05) is 11.3 Å². The second kappa shape index (κ2) is 8.31. The van der Waals surface area contributed by atoms with E-state index in [4.69, 9.17) is 9.47 Å². The predicted molar refractivity (Wildman–Crippen MR) is 104 cm³/mol. The number of rotatable bonds is 4. The number of hydrogen-bond acceptors (Lipinski definition) is 8. The van der Waals surface area contributed by atoms with Crippen molar-refractivity contribution in [3.63, 3.8) is 0 Å². The second-order valence-electron chi connectivity index (χ2n) is 10.1. The molecular formula is C21H38O8. The highest BCUT2D eigenvalue weighted by Gasteiger charge is 2.61. The summed E-state index contributed by atoms with van der Waals surface area (Å²) >= 11 is 0. The van der Waals surface area contributed by atoms with Gasteiger partial charge < -0.3 is 40.1 Å². The minimum absolute atomic E-state index is 0.0530. The molecule has 170 valence electrons. The summed E-state index contributed by atoms with van der Waals surface area (Å²) < 4.78 is 11.9. The van der Waals surface area contributed by atoms with E-state index in [9.17, 15) is 30.6 Å². The number of aliphatic hydroxyl groups is 6. The maximum atomic E-state index is 11.3. The fourth-order valence-corrected chi connectivity index (χ4v) is 6.00. The molecule has 3 rings (SSSR count). The van der Waals surface area contributed by atoms with Crippen molar-refractivity contribution in [2.75, 3.05) is 6.61 Å². The Morgan fingerprint density at radius 1 is 1.00 bits per heavy atom. The van der Waals surface area contributed by atoms with Crippen LogP contribution in [0.25, 0.3) is 0 Å². The molecule has 2 aliphatic carbocycles. The van der Waals surface area contributed by atoms with Crippen molar-refractivity contribution in [1.82, 2.24) is 0 Å². The van der Waals surface area contributed by atoms with Crippen molar-refractivity contribution >= 4 is 0 Å². The summed E-state index contributed by atoms with van der Waals surface area (Å²) in [5.74, 6) is -0.117. The van der Waals surface area contributed by atoms with Crippen molar-refractivity contribution in [2.45, 2.75) is 102 Å². The van der Waals surface area contributed by atoms with Crippen LogP contribution in [0.4, 0.5) is 0 Å². The van der Waals surface area contributed by atoms with E-state index in [1.165, 1.54) is 0 Å². The highest BCUT2D eigenvalue weighted by molar-refractivity contribution is 5.09. The first kappa shape index (κ1) is 23.3. The highest BCUT2D eigenvalue weighted by Crippen LogP contribution is 2.57. The Balaban J connectivity index is 1.94. The van der Waals surface area contributed by atoms with Crippen molar-refractivity contribution in [2.24, 2.45) is 23.2 Å². The van der Waals surface area contributed by atoms with Gasteiger partial charge >= 0.3 is 0 Å². The molecule has 0 unspecified atom stereocenters. The lowest BCUT2D eigenvalue weighted by Gasteiger charge is -2.60. The molecular weight excluding hydrogens is 380 g/mol. The van der Waals surface area contributed by atoms with Gasteiger partial charge in [0.25, 0.3) is 0 Å². The Bertz CT molecular complexity index is 567. The fraction of sp³-hybridized carbons (Fsp3) is 1.00. The van der Waals surface area contributed by atoms with E-state index in [-0.39, 0.29) is 11.8 Å². The zero-order valence-corrected chi connectivity index (χ0v) is 17.8. The molecule has 0 spiro atoms. The summed E-state index contributed by atoms with van der Waals surface area (Å²) in [5.41, 5.74) is -1.62. The zero-order chi connectivity index (χ0) is 21.7. The van der Waals surface area contributed by atoms with Crippen LogP contribution in [-0.2, 0) is 9.47 Å². The van der Waals surface area contributed by atoms with Crippen molar-refractivity contribution < 1.29 is 40.1 Å². The average molecular weight is 419 g/mol. The van der Waals surface area contributed by atoms with Gasteiger partial charge in [-0.2, -0.15) is 0 Å². The monoisotopic (exact) mass is 418 g/mol. The SMILES string of the molecule is CC(C)[C@@H]1CC[C@@]2(C)[C@@H](O)CC[C@@](C)(O)[C@H]2[C@H]1O[C@H]1O[C@@H](CO)[C@H](O)[C@@H](O)[C@@H]1O. The van der Waals surface area contributed by atoms with Crippen molar-refractivity contribution in [3.8, 4) is 0 Å². The van der Waals surface area contributed by atoms with Crippen LogP contribution in [0.3, 0.4) is 0 Å². The standard InChI is InChI=1S/C21H38O8/c1-10(2)11-5-7-20(3)13(23)6-8-21(4,27)18(20)17(11)29-19-16(26)15(25)14(24)12(9-22)28-19/h10-19,22-27H,5-9H2,1-4H3/t11-,12-,13-,14-,15+,16-,17-,18-,19+,20-,21+/m0/s1. The quantitative estimate of drug-likeness (QED) is 0.368. The number of ether oxygens (including phenoxy) is 2. The first-order chi connectivity index (χ1) is 13.4. The van der Waals surface area contributed by atoms with Gasteiger partial charge in [0.05, 0.1) is 24.4 Å². The molecule has 8 nitrogen and oxygen atoms in total. The lowest BCUT2D eigenvalue weighted by molar-refractivity contribution is -0.338. The van der Waals surface area contributed by atoms with Gasteiger partial charge in [-0.3, -0.25) is 0 Å². The fourth-order valence-electron chi connectivity index (χ4n) is 6.00. The molecule has 1 aliphatic heterocycles. The third-order valence-corrected chi connectivity index (χ3v) is 7.83. The third-order valence-electron chi connectivity index (χ3n) is 7.83. The Labute approximate surface area is 172 Å².